The topological polar surface area (TPSA) is 34.8 Å². The smallest absolute Gasteiger partial charge is 0.0767 e. The van der Waals surface area contributed by atoms with Gasteiger partial charge in [-0.1, -0.05) is 13.8 Å². The molecule has 21 heavy (non-hydrogen) atoms. The van der Waals surface area contributed by atoms with Gasteiger partial charge in [0.15, 0.2) is 0 Å². The van der Waals surface area contributed by atoms with Gasteiger partial charge >= 0.3 is 0 Å². The van der Waals surface area contributed by atoms with Gasteiger partial charge in [-0.05, 0) is 53.9 Å². The van der Waals surface area contributed by atoms with E-state index < -0.39 is 0 Å². The lowest BCUT2D eigenvalue weighted by Crippen LogP contribution is -2.13. The molecule has 0 atom stereocenters. The molecule has 0 aliphatic rings. The zero-order valence-corrected chi connectivity index (χ0v) is 14.8. The maximum atomic E-state index is 4.65. The first-order valence-electron chi connectivity index (χ1n) is 7.78. The number of nitrogens with one attached hydrogen (secondary N) is 1. The number of hydrogen-bond donors (Lipinski definition) is 1. The fourth-order valence-corrected chi connectivity index (χ4v) is 3.13. The van der Waals surface area contributed by atoms with Crippen LogP contribution in [0.4, 0.5) is 0 Å². The van der Waals surface area contributed by atoms with E-state index in [0.717, 1.165) is 42.8 Å². The van der Waals surface area contributed by atoms with Crippen molar-refractivity contribution in [1.82, 2.24) is 19.7 Å². The van der Waals surface area contributed by atoms with E-state index in [1.807, 2.05) is 0 Å². The van der Waals surface area contributed by atoms with Gasteiger partial charge in [0.05, 0.1) is 22.4 Å². The van der Waals surface area contributed by atoms with Gasteiger partial charge in [-0.15, -0.1) is 0 Å². The van der Waals surface area contributed by atoms with Crippen molar-refractivity contribution < 1.29 is 0 Å². The molecule has 116 valence electrons. The van der Waals surface area contributed by atoms with Crippen LogP contribution in [0, 0.1) is 0 Å². The van der Waals surface area contributed by atoms with E-state index in [2.05, 4.69) is 74.8 Å². The number of hydrogen-bond acceptors (Lipinski definition) is 2. The number of halogens is 1. The molecule has 0 bridgehead atoms. The molecule has 0 fully saturated rings. The molecule has 4 nitrogen and oxygen atoms in total. The van der Waals surface area contributed by atoms with Gasteiger partial charge < -0.3 is 9.88 Å². The Balaban J connectivity index is 2.09. The molecule has 0 unspecified atom stereocenters. The average molecular weight is 353 g/mol. The lowest BCUT2D eigenvalue weighted by molar-refractivity contribution is 0.594. The Hall–Kier alpha value is -1.07. The highest BCUT2D eigenvalue weighted by molar-refractivity contribution is 9.10. The maximum absolute atomic E-state index is 4.65. The number of aryl methyl sites for hydroxylation is 2. The van der Waals surface area contributed by atoms with Gasteiger partial charge in [-0.2, -0.15) is 5.10 Å². The summed E-state index contributed by atoms with van der Waals surface area (Å²) in [5.74, 6) is 0. The predicted octanol–water partition coefficient (Wildman–Crippen LogP) is 3.58. The largest absolute Gasteiger partial charge is 0.348 e. The van der Waals surface area contributed by atoms with Crippen LogP contribution in [0.1, 0.15) is 44.1 Å². The molecule has 1 N–H and O–H groups in total. The molecule has 2 aromatic heterocycles. The molecular formula is C16H25BrN4. The van der Waals surface area contributed by atoms with Crippen molar-refractivity contribution in [3.8, 4) is 0 Å². The minimum absolute atomic E-state index is 0.856. The van der Waals surface area contributed by atoms with Crippen molar-refractivity contribution in [2.24, 2.45) is 0 Å². The molecular weight excluding hydrogens is 328 g/mol. The second kappa shape index (κ2) is 7.80. The molecule has 0 spiro atoms. The summed E-state index contributed by atoms with van der Waals surface area (Å²) in [7, 11) is 0. The van der Waals surface area contributed by atoms with E-state index in [1.54, 1.807) is 0 Å². The summed E-state index contributed by atoms with van der Waals surface area (Å²) in [6.07, 6.45) is 6.49. The second-order valence-electron chi connectivity index (χ2n) is 5.25. The summed E-state index contributed by atoms with van der Waals surface area (Å²) in [5.41, 5.74) is 3.72. The maximum Gasteiger partial charge on any atom is 0.0767 e. The Labute approximate surface area is 135 Å². The fourth-order valence-electron chi connectivity index (χ4n) is 2.44. The first-order chi connectivity index (χ1) is 10.2. The highest BCUT2D eigenvalue weighted by Gasteiger charge is 2.14. The highest BCUT2D eigenvalue weighted by atomic mass is 79.9. The summed E-state index contributed by atoms with van der Waals surface area (Å²) in [4.78, 5) is 0. The molecule has 2 aromatic rings. The Kier molecular flexibility index (Phi) is 6.06. The van der Waals surface area contributed by atoms with Crippen LogP contribution in [-0.4, -0.2) is 20.9 Å². The molecule has 2 rings (SSSR count). The minimum atomic E-state index is 0.856. The van der Waals surface area contributed by atoms with E-state index in [4.69, 9.17) is 0 Å². The predicted molar refractivity (Wildman–Crippen MR) is 90.5 cm³/mol. The standard InChI is InChI=1S/C16H25BrN4/c1-4-8-18-10-13-7-9-20(11-13)12-15-16(17)14(5-2)19-21(15)6-3/h7,9,11,18H,4-6,8,10,12H2,1-3H3. The summed E-state index contributed by atoms with van der Waals surface area (Å²) >= 11 is 3.71. The zero-order valence-electron chi connectivity index (χ0n) is 13.2. The van der Waals surface area contributed by atoms with E-state index in [1.165, 1.54) is 17.7 Å². The van der Waals surface area contributed by atoms with Crippen molar-refractivity contribution in [3.63, 3.8) is 0 Å². The number of aromatic nitrogens is 3. The highest BCUT2D eigenvalue weighted by Crippen LogP contribution is 2.23. The fraction of sp³-hybridized carbons (Fsp3) is 0.562. The van der Waals surface area contributed by atoms with E-state index in [9.17, 15) is 0 Å². The monoisotopic (exact) mass is 352 g/mol. The van der Waals surface area contributed by atoms with E-state index in [0.29, 0.717) is 0 Å². The van der Waals surface area contributed by atoms with Crippen molar-refractivity contribution >= 4 is 15.9 Å². The Bertz CT molecular complexity index is 571. The van der Waals surface area contributed by atoms with Gasteiger partial charge in [0.25, 0.3) is 0 Å². The molecule has 2 heterocycles. The Morgan fingerprint density at radius 1 is 1.29 bits per heavy atom. The van der Waals surface area contributed by atoms with Gasteiger partial charge in [0, 0.05) is 25.5 Å². The Morgan fingerprint density at radius 2 is 2.10 bits per heavy atom. The third-order valence-corrected chi connectivity index (χ3v) is 4.51. The van der Waals surface area contributed by atoms with Crippen molar-refractivity contribution in [1.29, 1.82) is 0 Å². The lowest BCUT2D eigenvalue weighted by Gasteiger charge is -2.07. The number of nitrogens with zero attached hydrogens (tertiary/aromatic N) is 3. The van der Waals surface area contributed by atoms with E-state index >= 15 is 0 Å². The quantitative estimate of drug-likeness (QED) is 0.737. The average Bonchev–Trinajstić information content (AvgIpc) is 3.05. The summed E-state index contributed by atoms with van der Waals surface area (Å²) in [6.45, 7) is 10.2. The van der Waals surface area contributed by atoms with Crippen LogP contribution < -0.4 is 5.32 Å². The third-order valence-electron chi connectivity index (χ3n) is 3.59. The van der Waals surface area contributed by atoms with Crippen LogP contribution >= 0.6 is 15.9 Å². The third kappa shape index (κ3) is 3.98. The summed E-state index contributed by atoms with van der Waals surface area (Å²) in [5, 5.41) is 8.09. The van der Waals surface area contributed by atoms with Crippen molar-refractivity contribution in [3.05, 3.63) is 39.9 Å². The van der Waals surface area contributed by atoms with Gasteiger partial charge in [0.1, 0.15) is 0 Å². The molecule has 0 aliphatic heterocycles. The molecule has 0 saturated heterocycles. The van der Waals surface area contributed by atoms with Crippen LogP contribution in [0.15, 0.2) is 22.9 Å². The minimum Gasteiger partial charge on any atom is -0.348 e. The second-order valence-corrected chi connectivity index (χ2v) is 6.04. The van der Waals surface area contributed by atoms with Gasteiger partial charge in [-0.3, -0.25) is 4.68 Å². The number of rotatable bonds is 8. The summed E-state index contributed by atoms with van der Waals surface area (Å²) < 4.78 is 5.49. The molecule has 0 amide bonds. The van der Waals surface area contributed by atoms with Crippen LogP contribution in [0.25, 0.3) is 0 Å². The normalized spacial score (nSPS) is 11.2. The van der Waals surface area contributed by atoms with Crippen LogP contribution in [0.5, 0.6) is 0 Å². The lowest BCUT2D eigenvalue weighted by atomic mass is 10.3. The Morgan fingerprint density at radius 3 is 2.76 bits per heavy atom. The van der Waals surface area contributed by atoms with Gasteiger partial charge in [-0.25, -0.2) is 0 Å². The molecule has 5 heteroatoms. The van der Waals surface area contributed by atoms with E-state index in [-0.39, 0.29) is 0 Å². The molecule has 0 saturated carbocycles. The molecule has 0 radical (unpaired) electrons. The molecule has 0 aliphatic carbocycles. The van der Waals surface area contributed by atoms with Crippen LogP contribution in [0.3, 0.4) is 0 Å². The first-order valence-corrected chi connectivity index (χ1v) is 8.58. The van der Waals surface area contributed by atoms with Crippen LogP contribution in [0.2, 0.25) is 0 Å². The first kappa shape index (κ1) is 16.3. The SMILES string of the molecule is CCCNCc1ccn(Cc2c(Br)c(CC)nn2CC)c1. The van der Waals surface area contributed by atoms with Gasteiger partial charge in [0.2, 0.25) is 0 Å². The van der Waals surface area contributed by atoms with Crippen LogP contribution in [-0.2, 0) is 26.1 Å². The summed E-state index contributed by atoms with van der Waals surface area (Å²) in [6, 6.07) is 2.18. The van der Waals surface area contributed by atoms with Crippen molar-refractivity contribution in [2.75, 3.05) is 6.54 Å². The van der Waals surface area contributed by atoms with Crippen molar-refractivity contribution in [2.45, 2.75) is 53.2 Å². The molecule has 0 aromatic carbocycles. The zero-order chi connectivity index (χ0) is 15.2.